The Balaban J connectivity index is 1.71. The van der Waals surface area contributed by atoms with Crippen LogP contribution >= 0.6 is 15.9 Å². The number of urea groups is 1. The Morgan fingerprint density at radius 1 is 0.862 bits per heavy atom. The molecule has 0 spiro atoms. The van der Waals surface area contributed by atoms with E-state index in [1.165, 1.54) is 19.2 Å². The van der Waals surface area contributed by atoms with Crippen molar-refractivity contribution in [1.82, 2.24) is 0 Å². The molecule has 29 heavy (non-hydrogen) atoms. The maximum Gasteiger partial charge on any atom is 0.323 e. The monoisotopic (exact) mass is 475 g/mol. The Morgan fingerprint density at radius 2 is 1.52 bits per heavy atom. The maximum atomic E-state index is 12.6. The number of halogens is 1. The van der Waals surface area contributed by atoms with Gasteiger partial charge in [0, 0.05) is 23.1 Å². The highest BCUT2D eigenvalue weighted by Gasteiger charge is 2.15. The van der Waals surface area contributed by atoms with E-state index in [1.807, 2.05) is 0 Å². The summed E-state index contributed by atoms with van der Waals surface area (Å²) in [6.07, 6.45) is 0. The molecule has 0 heterocycles. The molecule has 0 atom stereocenters. The van der Waals surface area contributed by atoms with Crippen LogP contribution in [0.15, 0.2) is 82.2 Å². The Hall–Kier alpha value is -3.04. The van der Waals surface area contributed by atoms with Gasteiger partial charge in [0.1, 0.15) is 5.75 Å². The van der Waals surface area contributed by atoms with Crippen LogP contribution in [0.5, 0.6) is 5.75 Å². The lowest BCUT2D eigenvalue weighted by atomic mass is 10.3. The number of benzene rings is 3. The molecule has 0 aliphatic rings. The third kappa shape index (κ3) is 5.49. The molecule has 0 aliphatic carbocycles. The molecular formula is C20H18BrN3O4S. The van der Waals surface area contributed by atoms with Gasteiger partial charge in [-0.2, -0.15) is 0 Å². The van der Waals surface area contributed by atoms with Crippen molar-refractivity contribution < 1.29 is 17.9 Å². The third-order valence-electron chi connectivity index (χ3n) is 3.84. The zero-order chi connectivity index (χ0) is 20.9. The van der Waals surface area contributed by atoms with Crippen LogP contribution < -0.4 is 20.1 Å². The molecule has 0 saturated carbocycles. The van der Waals surface area contributed by atoms with Gasteiger partial charge in [0.05, 0.1) is 16.5 Å². The zero-order valence-corrected chi connectivity index (χ0v) is 17.7. The molecule has 3 aromatic rings. The van der Waals surface area contributed by atoms with Gasteiger partial charge >= 0.3 is 6.03 Å². The number of methoxy groups -OCH3 is 1. The first kappa shape index (κ1) is 20.7. The minimum Gasteiger partial charge on any atom is -0.495 e. The molecule has 0 unspecified atom stereocenters. The molecule has 0 fully saturated rings. The normalized spacial score (nSPS) is 10.8. The lowest BCUT2D eigenvalue weighted by molar-refractivity contribution is 0.262. The van der Waals surface area contributed by atoms with Crippen molar-refractivity contribution in [2.24, 2.45) is 0 Å². The number of carbonyl (C=O) groups excluding carboxylic acids is 1. The highest BCUT2D eigenvalue weighted by Crippen LogP contribution is 2.28. The molecule has 7 nitrogen and oxygen atoms in total. The maximum absolute atomic E-state index is 12.6. The summed E-state index contributed by atoms with van der Waals surface area (Å²) >= 11 is 3.34. The number of para-hydroxylation sites is 1. The molecule has 0 aromatic heterocycles. The average molecular weight is 476 g/mol. The largest absolute Gasteiger partial charge is 0.495 e. The number of ether oxygens (including phenoxy) is 1. The van der Waals surface area contributed by atoms with Crippen LogP contribution in [-0.4, -0.2) is 21.6 Å². The highest BCUT2D eigenvalue weighted by molar-refractivity contribution is 9.10. The summed E-state index contributed by atoms with van der Waals surface area (Å²) < 4.78 is 33.6. The van der Waals surface area contributed by atoms with Gasteiger partial charge in [0.15, 0.2) is 0 Å². The Labute approximate surface area is 177 Å². The summed E-state index contributed by atoms with van der Waals surface area (Å²) in [6, 6.07) is 19.2. The van der Waals surface area contributed by atoms with Gasteiger partial charge < -0.3 is 15.4 Å². The second kappa shape index (κ2) is 8.97. The van der Waals surface area contributed by atoms with Crippen molar-refractivity contribution in [1.29, 1.82) is 0 Å². The van der Waals surface area contributed by atoms with Crippen molar-refractivity contribution >= 4 is 49.0 Å². The number of nitrogens with one attached hydrogen (secondary N) is 3. The predicted octanol–water partition coefficient (Wildman–Crippen LogP) is 4.90. The van der Waals surface area contributed by atoms with E-state index in [0.29, 0.717) is 22.8 Å². The van der Waals surface area contributed by atoms with E-state index in [0.717, 1.165) is 4.47 Å². The number of carbonyl (C=O) groups is 1. The number of rotatable bonds is 6. The molecular weight excluding hydrogens is 458 g/mol. The summed E-state index contributed by atoms with van der Waals surface area (Å²) in [4.78, 5) is 12.3. The van der Waals surface area contributed by atoms with Crippen molar-refractivity contribution in [2.75, 3.05) is 22.5 Å². The van der Waals surface area contributed by atoms with Crippen LogP contribution in [-0.2, 0) is 10.0 Å². The van der Waals surface area contributed by atoms with Gasteiger partial charge in [-0.1, -0.05) is 24.3 Å². The molecule has 3 aromatic carbocycles. The van der Waals surface area contributed by atoms with E-state index in [1.54, 1.807) is 60.7 Å². The Morgan fingerprint density at radius 3 is 2.21 bits per heavy atom. The van der Waals surface area contributed by atoms with Gasteiger partial charge in [0.25, 0.3) is 10.0 Å². The average Bonchev–Trinajstić information content (AvgIpc) is 2.70. The molecule has 0 aliphatic heterocycles. The molecule has 2 amide bonds. The zero-order valence-electron chi connectivity index (χ0n) is 15.3. The van der Waals surface area contributed by atoms with Crippen LogP contribution in [0.25, 0.3) is 0 Å². The van der Waals surface area contributed by atoms with Crippen molar-refractivity contribution in [2.45, 2.75) is 4.90 Å². The smallest absolute Gasteiger partial charge is 0.323 e. The minimum absolute atomic E-state index is 0.0319. The molecule has 3 N–H and O–H groups in total. The fraction of sp³-hybridized carbons (Fsp3) is 0.0500. The fourth-order valence-corrected chi connectivity index (χ4v) is 4.00. The van der Waals surface area contributed by atoms with Gasteiger partial charge in [-0.3, -0.25) is 4.72 Å². The molecule has 9 heteroatoms. The van der Waals surface area contributed by atoms with E-state index >= 15 is 0 Å². The van der Waals surface area contributed by atoms with Gasteiger partial charge in [-0.05, 0) is 58.4 Å². The summed E-state index contributed by atoms with van der Waals surface area (Å²) in [5, 5.41) is 5.30. The number of hydrogen-bond acceptors (Lipinski definition) is 4. The predicted molar refractivity (Wildman–Crippen MR) is 117 cm³/mol. The number of anilines is 3. The summed E-state index contributed by atoms with van der Waals surface area (Å²) in [5.41, 5.74) is 1.31. The van der Waals surface area contributed by atoms with Crippen molar-refractivity contribution in [3.8, 4) is 5.75 Å². The van der Waals surface area contributed by atoms with Crippen LogP contribution in [0, 0.1) is 0 Å². The van der Waals surface area contributed by atoms with E-state index in [9.17, 15) is 13.2 Å². The van der Waals surface area contributed by atoms with Gasteiger partial charge in [-0.25, -0.2) is 13.2 Å². The first-order chi connectivity index (χ1) is 13.9. The minimum atomic E-state index is -3.79. The fourth-order valence-electron chi connectivity index (χ4n) is 2.49. The Bertz CT molecular complexity index is 1120. The first-order valence-corrected chi connectivity index (χ1v) is 10.7. The SMILES string of the molecule is COc1cc(NC(=O)Nc2cccc(S(=O)(=O)Nc3ccccc3)c2)ccc1Br. The van der Waals surface area contributed by atoms with E-state index in [4.69, 9.17) is 4.74 Å². The van der Waals surface area contributed by atoms with Crippen LogP contribution in [0.4, 0.5) is 21.9 Å². The number of amides is 2. The lowest BCUT2D eigenvalue weighted by Gasteiger charge is -2.12. The van der Waals surface area contributed by atoms with E-state index < -0.39 is 16.1 Å². The lowest BCUT2D eigenvalue weighted by Crippen LogP contribution is -2.20. The van der Waals surface area contributed by atoms with E-state index in [2.05, 4.69) is 31.3 Å². The molecule has 0 radical (unpaired) electrons. The Kier molecular flexibility index (Phi) is 6.40. The summed E-state index contributed by atoms with van der Waals surface area (Å²) in [6.45, 7) is 0. The molecule has 0 saturated heterocycles. The van der Waals surface area contributed by atoms with Crippen molar-refractivity contribution in [3.63, 3.8) is 0 Å². The van der Waals surface area contributed by atoms with Crippen LogP contribution in [0.2, 0.25) is 0 Å². The van der Waals surface area contributed by atoms with E-state index in [-0.39, 0.29) is 4.90 Å². The highest BCUT2D eigenvalue weighted by atomic mass is 79.9. The number of sulfonamides is 1. The first-order valence-electron chi connectivity index (χ1n) is 8.47. The van der Waals surface area contributed by atoms with Gasteiger partial charge in [0.2, 0.25) is 0 Å². The second-order valence-electron chi connectivity index (χ2n) is 5.93. The second-order valence-corrected chi connectivity index (χ2v) is 8.46. The standard InChI is InChI=1S/C20H18BrN3O4S/c1-28-19-13-16(10-11-18(19)21)23-20(25)22-15-8-5-9-17(12-15)29(26,27)24-14-6-3-2-4-7-14/h2-13,24H,1H3,(H2,22,23,25). The number of hydrogen-bond donors (Lipinski definition) is 3. The summed E-state index contributed by atoms with van der Waals surface area (Å²) in [7, 11) is -2.26. The summed E-state index contributed by atoms with van der Waals surface area (Å²) in [5.74, 6) is 0.572. The quantitative estimate of drug-likeness (QED) is 0.472. The van der Waals surface area contributed by atoms with Crippen LogP contribution in [0.1, 0.15) is 0 Å². The van der Waals surface area contributed by atoms with Crippen molar-refractivity contribution in [3.05, 3.63) is 77.3 Å². The third-order valence-corrected chi connectivity index (χ3v) is 5.87. The topological polar surface area (TPSA) is 96.5 Å². The van der Waals surface area contributed by atoms with Crippen LogP contribution in [0.3, 0.4) is 0 Å². The molecule has 3 rings (SSSR count). The molecule has 0 bridgehead atoms. The van der Waals surface area contributed by atoms with Gasteiger partial charge in [-0.15, -0.1) is 0 Å². The molecule has 150 valence electrons.